The number of pyridine rings is 1. The number of hydrogen-bond acceptors (Lipinski definition) is 5. The summed E-state index contributed by atoms with van der Waals surface area (Å²) in [6.07, 6.45) is 3.58. The van der Waals surface area contributed by atoms with Gasteiger partial charge in [-0.05, 0) is 76.4 Å². The second kappa shape index (κ2) is 8.06. The maximum absolute atomic E-state index is 14.0. The number of carbonyl (C=O) groups excluding carboxylic acids is 1. The van der Waals surface area contributed by atoms with Crippen LogP contribution in [0, 0.1) is 13.8 Å². The number of methoxy groups -OCH3 is 1. The number of furan rings is 1. The molecule has 4 heterocycles. The lowest BCUT2D eigenvalue weighted by molar-refractivity contribution is 0.0986. The highest BCUT2D eigenvalue weighted by Crippen LogP contribution is 2.34. The van der Waals surface area contributed by atoms with E-state index in [4.69, 9.17) is 14.1 Å². The molecule has 0 fully saturated rings. The molecule has 33 heavy (non-hydrogen) atoms. The molecule has 0 saturated carbocycles. The van der Waals surface area contributed by atoms with Crippen LogP contribution in [-0.2, 0) is 6.42 Å². The van der Waals surface area contributed by atoms with Crippen LogP contribution in [0.3, 0.4) is 0 Å². The van der Waals surface area contributed by atoms with Crippen molar-refractivity contribution in [3.05, 3.63) is 59.2 Å². The van der Waals surface area contributed by atoms with E-state index in [0.29, 0.717) is 17.8 Å². The van der Waals surface area contributed by atoms with E-state index in [1.165, 1.54) is 0 Å². The van der Waals surface area contributed by atoms with Gasteiger partial charge in [0.1, 0.15) is 17.3 Å². The minimum atomic E-state index is -0.0454. The number of ether oxygens (including phenoxy) is 1. The Kier molecular flexibility index (Phi) is 5.19. The highest BCUT2D eigenvalue weighted by Gasteiger charge is 2.28. The van der Waals surface area contributed by atoms with E-state index >= 15 is 0 Å². The third-order valence-corrected chi connectivity index (χ3v) is 6.25. The van der Waals surface area contributed by atoms with Gasteiger partial charge in [0, 0.05) is 23.8 Å². The number of aromatic nitrogens is 3. The predicted molar refractivity (Wildman–Crippen MR) is 128 cm³/mol. The van der Waals surface area contributed by atoms with Crippen LogP contribution in [0.1, 0.15) is 53.8 Å². The summed E-state index contributed by atoms with van der Waals surface area (Å²) >= 11 is 0. The van der Waals surface area contributed by atoms with Crippen molar-refractivity contribution in [3.63, 3.8) is 0 Å². The van der Waals surface area contributed by atoms with Crippen LogP contribution < -0.4 is 9.64 Å². The zero-order valence-corrected chi connectivity index (χ0v) is 19.7. The summed E-state index contributed by atoms with van der Waals surface area (Å²) in [7, 11) is 1.66. The maximum atomic E-state index is 14.0. The molecule has 1 aliphatic rings. The van der Waals surface area contributed by atoms with E-state index in [1.807, 2.05) is 53.8 Å². The summed E-state index contributed by atoms with van der Waals surface area (Å²) < 4.78 is 13.0. The molecule has 3 aromatic heterocycles. The van der Waals surface area contributed by atoms with Crippen molar-refractivity contribution in [1.82, 2.24) is 14.8 Å². The average Bonchev–Trinajstić information content (AvgIpc) is 3.39. The molecule has 5 rings (SSSR count). The van der Waals surface area contributed by atoms with Gasteiger partial charge in [-0.25, -0.2) is 9.67 Å². The van der Waals surface area contributed by atoms with E-state index in [9.17, 15) is 4.79 Å². The summed E-state index contributed by atoms with van der Waals surface area (Å²) in [5.74, 6) is 2.36. The number of aryl methyl sites for hydroxylation is 3. The summed E-state index contributed by atoms with van der Waals surface area (Å²) in [5.41, 5.74) is 4.97. The second-order valence-electron chi connectivity index (χ2n) is 8.86. The molecular weight excluding hydrogens is 416 g/mol. The molecule has 1 aromatic carbocycles. The highest BCUT2D eigenvalue weighted by molar-refractivity contribution is 6.14. The van der Waals surface area contributed by atoms with Gasteiger partial charge in [-0.3, -0.25) is 4.79 Å². The molecule has 170 valence electrons. The van der Waals surface area contributed by atoms with E-state index in [0.717, 1.165) is 58.0 Å². The zero-order valence-electron chi connectivity index (χ0n) is 19.7. The maximum Gasteiger partial charge on any atom is 0.259 e. The number of benzene rings is 1. The molecule has 0 bridgehead atoms. The van der Waals surface area contributed by atoms with Crippen LogP contribution >= 0.6 is 0 Å². The Bertz CT molecular complexity index is 1370. The van der Waals surface area contributed by atoms with Crippen molar-refractivity contribution in [2.45, 2.75) is 46.6 Å². The monoisotopic (exact) mass is 444 g/mol. The molecule has 0 N–H and O–H groups in total. The normalized spacial score (nSPS) is 13.6. The van der Waals surface area contributed by atoms with Crippen LogP contribution in [-0.4, -0.2) is 34.3 Å². The number of carbonyl (C=O) groups is 1. The lowest BCUT2D eigenvalue weighted by atomic mass is 9.99. The first-order chi connectivity index (χ1) is 15.9. The number of hydrogen-bond donors (Lipinski definition) is 0. The van der Waals surface area contributed by atoms with Gasteiger partial charge < -0.3 is 14.1 Å². The summed E-state index contributed by atoms with van der Waals surface area (Å²) in [6.45, 7) is 8.62. The molecule has 1 aliphatic heterocycles. The third kappa shape index (κ3) is 3.57. The Hall–Kier alpha value is -3.61. The first-order valence-electron chi connectivity index (χ1n) is 11.3. The SMILES string of the molecule is COc1ccc2c(c1)CCCN2C(=O)c1cc(-c2cc(C)oc2C)nc2c1cnn2C(C)C. The zero-order chi connectivity index (χ0) is 23.3. The van der Waals surface area contributed by atoms with Crippen LogP contribution in [0.15, 0.2) is 40.9 Å². The lowest BCUT2D eigenvalue weighted by Crippen LogP contribution is -2.35. The molecule has 4 aromatic rings. The van der Waals surface area contributed by atoms with Gasteiger partial charge in [0.15, 0.2) is 5.65 Å². The fraction of sp³-hybridized carbons (Fsp3) is 0.346. The molecular formula is C26H28N4O3. The molecule has 0 spiro atoms. The van der Waals surface area contributed by atoms with Crippen LogP contribution in [0.2, 0.25) is 0 Å². The molecule has 0 unspecified atom stereocenters. The van der Waals surface area contributed by atoms with Gasteiger partial charge in [0.2, 0.25) is 0 Å². The smallest absolute Gasteiger partial charge is 0.259 e. The van der Waals surface area contributed by atoms with Crippen molar-refractivity contribution in [1.29, 1.82) is 0 Å². The minimum Gasteiger partial charge on any atom is -0.497 e. The first-order valence-corrected chi connectivity index (χ1v) is 11.3. The Morgan fingerprint density at radius 3 is 2.70 bits per heavy atom. The molecule has 0 aliphatic carbocycles. The van der Waals surface area contributed by atoms with Crippen molar-refractivity contribution >= 4 is 22.6 Å². The van der Waals surface area contributed by atoms with Gasteiger partial charge >= 0.3 is 0 Å². The molecule has 7 nitrogen and oxygen atoms in total. The van der Waals surface area contributed by atoms with Crippen molar-refractivity contribution < 1.29 is 13.9 Å². The highest BCUT2D eigenvalue weighted by atomic mass is 16.5. The molecule has 1 amide bonds. The van der Waals surface area contributed by atoms with Gasteiger partial charge in [-0.1, -0.05) is 0 Å². The number of anilines is 1. The predicted octanol–water partition coefficient (Wildman–Crippen LogP) is 5.49. The third-order valence-electron chi connectivity index (χ3n) is 6.25. The van der Waals surface area contributed by atoms with Gasteiger partial charge in [-0.15, -0.1) is 0 Å². The average molecular weight is 445 g/mol. The minimum absolute atomic E-state index is 0.0454. The van der Waals surface area contributed by atoms with Gasteiger partial charge in [-0.2, -0.15) is 5.10 Å². The quantitative estimate of drug-likeness (QED) is 0.416. The number of fused-ring (bicyclic) bond motifs is 2. The van der Waals surface area contributed by atoms with E-state index in [2.05, 4.69) is 18.9 Å². The number of nitrogens with zero attached hydrogens (tertiary/aromatic N) is 4. The molecule has 0 saturated heterocycles. The standard InChI is InChI=1S/C26H28N4O3/c1-15(2)30-25-22(14-27-30)21(13-23(28-25)20-11-16(3)33-17(20)4)26(31)29-10-6-7-18-12-19(32-5)8-9-24(18)29/h8-9,11-15H,6-7,10H2,1-5H3. The Balaban J connectivity index is 1.68. The topological polar surface area (TPSA) is 73.4 Å². The fourth-order valence-electron chi connectivity index (χ4n) is 4.65. The van der Waals surface area contributed by atoms with Crippen molar-refractivity contribution in [2.75, 3.05) is 18.6 Å². The number of rotatable bonds is 4. The van der Waals surface area contributed by atoms with Gasteiger partial charge in [0.25, 0.3) is 5.91 Å². The largest absolute Gasteiger partial charge is 0.497 e. The van der Waals surface area contributed by atoms with Crippen LogP contribution in [0.25, 0.3) is 22.3 Å². The van der Waals surface area contributed by atoms with Gasteiger partial charge in [0.05, 0.1) is 30.0 Å². The lowest BCUT2D eigenvalue weighted by Gasteiger charge is -2.30. The Morgan fingerprint density at radius 2 is 2.00 bits per heavy atom. The summed E-state index contributed by atoms with van der Waals surface area (Å²) in [4.78, 5) is 20.8. The number of amides is 1. The van der Waals surface area contributed by atoms with E-state index in [-0.39, 0.29) is 11.9 Å². The first kappa shape index (κ1) is 21.2. The molecule has 0 atom stereocenters. The Morgan fingerprint density at radius 1 is 1.18 bits per heavy atom. The summed E-state index contributed by atoms with van der Waals surface area (Å²) in [5, 5.41) is 5.32. The second-order valence-corrected chi connectivity index (χ2v) is 8.86. The van der Waals surface area contributed by atoms with Crippen molar-refractivity contribution in [3.8, 4) is 17.0 Å². The van der Waals surface area contributed by atoms with Crippen LogP contribution in [0.5, 0.6) is 5.75 Å². The van der Waals surface area contributed by atoms with Crippen LogP contribution in [0.4, 0.5) is 5.69 Å². The Labute approximate surface area is 193 Å². The molecule has 7 heteroatoms. The van der Waals surface area contributed by atoms with Crippen molar-refractivity contribution in [2.24, 2.45) is 0 Å². The fourth-order valence-corrected chi connectivity index (χ4v) is 4.65. The summed E-state index contributed by atoms with van der Waals surface area (Å²) in [6, 6.07) is 9.88. The van der Waals surface area contributed by atoms with E-state index < -0.39 is 0 Å². The molecule has 0 radical (unpaired) electrons. The van der Waals surface area contributed by atoms with E-state index in [1.54, 1.807) is 13.3 Å².